The summed E-state index contributed by atoms with van der Waals surface area (Å²) in [7, 11) is 0. The maximum Gasteiger partial charge on any atom is 0.0962 e. The van der Waals surface area contributed by atoms with Crippen LogP contribution in [0.25, 0.3) is 0 Å². The van der Waals surface area contributed by atoms with Crippen molar-refractivity contribution in [1.29, 1.82) is 0 Å². The lowest BCUT2D eigenvalue weighted by molar-refractivity contribution is 0.126. The van der Waals surface area contributed by atoms with Gasteiger partial charge < -0.3 is 10.5 Å². The first-order valence-electron chi connectivity index (χ1n) is 6.09. The molecule has 0 spiro atoms. The van der Waals surface area contributed by atoms with Crippen molar-refractivity contribution < 1.29 is 4.74 Å². The Morgan fingerprint density at radius 1 is 1.17 bits per heavy atom. The van der Waals surface area contributed by atoms with Gasteiger partial charge in [0.2, 0.25) is 0 Å². The van der Waals surface area contributed by atoms with Crippen LogP contribution < -0.4 is 5.73 Å². The molecule has 96 valence electrons. The van der Waals surface area contributed by atoms with Gasteiger partial charge in [-0.05, 0) is 12.0 Å². The Kier molecular flexibility index (Phi) is 4.87. The first-order chi connectivity index (χ1) is 8.88. The van der Waals surface area contributed by atoms with E-state index in [1.807, 2.05) is 24.4 Å². The van der Waals surface area contributed by atoms with E-state index in [0.717, 1.165) is 18.7 Å². The van der Waals surface area contributed by atoms with E-state index in [-0.39, 0.29) is 0 Å². The molecule has 0 saturated heterocycles. The fraction of sp³-hybridized carbons (Fsp3) is 0.385. The van der Waals surface area contributed by atoms with E-state index >= 15 is 0 Å². The zero-order valence-electron chi connectivity index (χ0n) is 10.3. The van der Waals surface area contributed by atoms with Crippen LogP contribution in [0.15, 0.2) is 36.5 Å². The normalized spacial score (nSPS) is 10.7. The molecule has 0 bridgehead atoms. The van der Waals surface area contributed by atoms with E-state index in [9.17, 15) is 0 Å². The van der Waals surface area contributed by atoms with E-state index < -0.39 is 0 Å². The molecule has 0 unspecified atom stereocenters. The number of nitrogens with zero attached hydrogens (tertiary/aromatic N) is 3. The zero-order chi connectivity index (χ0) is 12.6. The van der Waals surface area contributed by atoms with E-state index in [0.29, 0.717) is 19.7 Å². The van der Waals surface area contributed by atoms with Gasteiger partial charge in [-0.15, -0.1) is 5.10 Å². The van der Waals surface area contributed by atoms with Crippen molar-refractivity contribution in [1.82, 2.24) is 15.0 Å². The SMILES string of the molecule is NCc1cn(CCOCCc2ccccc2)nn1. The Labute approximate surface area is 107 Å². The Balaban J connectivity index is 1.61. The molecule has 1 aromatic carbocycles. The van der Waals surface area contributed by atoms with E-state index in [4.69, 9.17) is 10.5 Å². The highest BCUT2D eigenvalue weighted by molar-refractivity contribution is 5.14. The summed E-state index contributed by atoms with van der Waals surface area (Å²) in [5, 5.41) is 7.86. The highest BCUT2D eigenvalue weighted by Gasteiger charge is 1.98. The van der Waals surface area contributed by atoms with Crippen LogP contribution >= 0.6 is 0 Å². The maximum absolute atomic E-state index is 5.56. The van der Waals surface area contributed by atoms with Gasteiger partial charge in [0.1, 0.15) is 0 Å². The number of benzene rings is 1. The van der Waals surface area contributed by atoms with Gasteiger partial charge >= 0.3 is 0 Å². The topological polar surface area (TPSA) is 66.0 Å². The molecule has 5 heteroatoms. The summed E-state index contributed by atoms with van der Waals surface area (Å²) in [6, 6.07) is 10.3. The van der Waals surface area contributed by atoms with Crippen molar-refractivity contribution in [3.05, 3.63) is 47.8 Å². The van der Waals surface area contributed by atoms with Crippen LogP contribution in [0, 0.1) is 0 Å². The molecule has 0 aliphatic carbocycles. The van der Waals surface area contributed by atoms with Crippen LogP contribution in [0.5, 0.6) is 0 Å². The third-order valence-electron chi connectivity index (χ3n) is 2.64. The molecule has 0 amide bonds. The summed E-state index contributed by atoms with van der Waals surface area (Å²) in [6.45, 7) is 2.50. The van der Waals surface area contributed by atoms with Gasteiger partial charge in [-0.3, -0.25) is 0 Å². The lowest BCUT2D eigenvalue weighted by atomic mass is 10.2. The maximum atomic E-state index is 5.56. The van der Waals surface area contributed by atoms with E-state index in [2.05, 4.69) is 22.4 Å². The molecule has 2 N–H and O–H groups in total. The minimum atomic E-state index is 0.425. The Hall–Kier alpha value is -1.72. The summed E-state index contributed by atoms with van der Waals surface area (Å²) in [5.74, 6) is 0. The fourth-order valence-corrected chi connectivity index (χ4v) is 1.64. The van der Waals surface area contributed by atoms with E-state index in [1.165, 1.54) is 5.56 Å². The van der Waals surface area contributed by atoms with Crippen LogP contribution in [0.1, 0.15) is 11.3 Å². The summed E-state index contributed by atoms with van der Waals surface area (Å²) < 4.78 is 7.32. The molecule has 5 nitrogen and oxygen atoms in total. The molecule has 1 aromatic heterocycles. The van der Waals surface area contributed by atoms with Gasteiger partial charge in [-0.25, -0.2) is 4.68 Å². The van der Waals surface area contributed by atoms with E-state index in [1.54, 1.807) is 4.68 Å². The second-order valence-corrected chi connectivity index (χ2v) is 4.03. The van der Waals surface area contributed by atoms with Gasteiger partial charge in [0.25, 0.3) is 0 Å². The van der Waals surface area contributed by atoms with Crippen LogP contribution in [0.4, 0.5) is 0 Å². The van der Waals surface area contributed by atoms with Crippen LogP contribution in [-0.4, -0.2) is 28.2 Å². The predicted molar refractivity (Wildman–Crippen MR) is 68.9 cm³/mol. The Morgan fingerprint density at radius 3 is 2.72 bits per heavy atom. The predicted octanol–water partition coefficient (Wildman–Crippen LogP) is 0.996. The molecule has 1 heterocycles. The standard InChI is InChI=1S/C13H18N4O/c14-10-13-11-17(16-15-13)7-9-18-8-6-12-4-2-1-3-5-12/h1-5,11H,6-10,14H2. The average Bonchev–Trinajstić information content (AvgIpc) is 2.87. The lowest BCUT2D eigenvalue weighted by Crippen LogP contribution is -2.08. The third kappa shape index (κ3) is 3.94. The minimum Gasteiger partial charge on any atom is -0.379 e. The molecule has 2 rings (SSSR count). The summed E-state index contributed by atoms with van der Waals surface area (Å²) in [4.78, 5) is 0. The first-order valence-corrected chi connectivity index (χ1v) is 6.09. The van der Waals surface area contributed by atoms with Crippen molar-refractivity contribution >= 4 is 0 Å². The highest BCUT2D eigenvalue weighted by Crippen LogP contribution is 1.99. The largest absolute Gasteiger partial charge is 0.379 e. The van der Waals surface area contributed by atoms with Gasteiger partial charge in [-0.2, -0.15) is 0 Å². The lowest BCUT2D eigenvalue weighted by Gasteiger charge is -2.04. The fourth-order valence-electron chi connectivity index (χ4n) is 1.64. The number of ether oxygens (including phenoxy) is 1. The van der Waals surface area contributed by atoms with Gasteiger partial charge in [0.05, 0.1) is 25.5 Å². The van der Waals surface area contributed by atoms with Gasteiger partial charge in [-0.1, -0.05) is 35.5 Å². The molecular weight excluding hydrogens is 228 g/mol. The minimum absolute atomic E-state index is 0.425. The van der Waals surface area contributed by atoms with Crippen molar-refractivity contribution in [2.24, 2.45) is 5.73 Å². The first kappa shape index (κ1) is 12.7. The Bertz CT molecular complexity index is 455. The van der Waals surface area contributed by atoms with Gasteiger partial charge in [0.15, 0.2) is 0 Å². The molecule has 0 atom stereocenters. The number of hydrogen-bond donors (Lipinski definition) is 1. The van der Waals surface area contributed by atoms with Crippen molar-refractivity contribution in [2.45, 2.75) is 19.5 Å². The summed E-state index contributed by atoms with van der Waals surface area (Å²) >= 11 is 0. The summed E-state index contributed by atoms with van der Waals surface area (Å²) in [5.41, 5.74) is 7.56. The molecule has 0 fully saturated rings. The average molecular weight is 246 g/mol. The smallest absolute Gasteiger partial charge is 0.0962 e. The molecular formula is C13H18N4O. The van der Waals surface area contributed by atoms with Crippen LogP contribution in [0.3, 0.4) is 0 Å². The monoisotopic (exact) mass is 246 g/mol. The number of aromatic nitrogens is 3. The van der Waals surface area contributed by atoms with Crippen molar-refractivity contribution in [2.75, 3.05) is 13.2 Å². The summed E-state index contributed by atoms with van der Waals surface area (Å²) in [6.07, 6.45) is 2.78. The molecule has 0 aliphatic heterocycles. The Morgan fingerprint density at radius 2 is 2.00 bits per heavy atom. The van der Waals surface area contributed by atoms with Crippen LogP contribution in [0.2, 0.25) is 0 Å². The molecule has 0 aliphatic rings. The molecule has 0 saturated carbocycles. The molecule has 0 radical (unpaired) electrons. The number of rotatable bonds is 7. The van der Waals surface area contributed by atoms with Crippen molar-refractivity contribution in [3.63, 3.8) is 0 Å². The second kappa shape index (κ2) is 6.88. The number of nitrogens with two attached hydrogens (primary N) is 1. The quantitative estimate of drug-likeness (QED) is 0.740. The van der Waals surface area contributed by atoms with Crippen LogP contribution in [-0.2, 0) is 24.2 Å². The van der Waals surface area contributed by atoms with Gasteiger partial charge in [0, 0.05) is 12.7 Å². The van der Waals surface area contributed by atoms with Crippen molar-refractivity contribution in [3.8, 4) is 0 Å². The molecule has 2 aromatic rings. The third-order valence-corrected chi connectivity index (χ3v) is 2.64. The zero-order valence-corrected chi connectivity index (χ0v) is 10.3. The molecule has 18 heavy (non-hydrogen) atoms. The second-order valence-electron chi connectivity index (χ2n) is 4.03. The number of hydrogen-bond acceptors (Lipinski definition) is 4. The highest BCUT2D eigenvalue weighted by atomic mass is 16.5.